The second-order valence-electron chi connectivity index (χ2n) is 3.69. The molecule has 0 bridgehead atoms. The third kappa shape index (κ3) is 2.80. The third-order valence-corrected chi connectivity index (χ3v) is 3.97. The standard InChI is InChI=1S/C12H9BrFIN2O/c1-2-9-10(15)12(18)17-11(16-9)6-3-7(13)5-8(14)4-6/h3-5H,2H2,1H3,(H,16,17,18). The minimum Gasteiger partial charge on any atom is -0.306 e. The Labute approximate surface area is 125 Å². The zero-order valence-electron chi connectivity index (χ0n) is 9.43. The van der Waals surface area contributed by atoms with Crippen molar-refractivity contribution in [2.45, 2.75) is 13.3 Å². The van der Waals surface area contributed by atoms with E-state index in [1.807, 2.05) is 29.5 Å². The molecule has 1 aromatic heterocycles. The van der Waals surface area contributed by atoms with Crippen LogP contribution in [0.2, 0.25) is 0 Å². The number of nitrogens with zero attached hydrogens (tertiary/aromatic N) is 1. The van der Waals surface area contributed by atoms with Crippen molar-refractivity contribution in [2.24, 2.45) is 0 Å². The fourth-order valence-electron chi connectivity index (χ4n) is 1.57. The lowest BCUT2D eigenvalue weighted by atomic mass is 10.2. The average Bonchev–Trinajstić information content (AvgIpc) is 2.31. The van der Waals surface area contributed by atoms with Crippen LogP contribution in [-0.4, -0.2) is 9.97 Å². The number of rotatable bonds is 2. The molecule has 1 heterocycles. The van der Waals surface area contributed by atoms with E-state index >= 15 is 0 Å². The van der Waals surface area contributed by atoms with Crippen molar-refractivity contribution in [1.82, 2.24) is 9.97 Å². The maximum atomic E-state index is 13.3. The molecule has 0 aliphatic heterocycles. The molecule has 0 fully saturated rings. The number of H-pyrrole nitrogens is 1. The van der Waals surface area contributed by atoms with Gasteiger partial charge < -0.3 is 4.98 Å². The number of nitrogens with one attached hydrogen (secondary N) is 1. The monoisotopic (exact) mass is 422 g/mol. The summed E-state index contributed by atoms with van der Waals surface area (Å²) in [5.41, 5.74) is 1.07. The van der Waals surface area contributed by atoms with Gasteiger partial charge in [-0.05, 0) is 47.2 Å². The number of halogens is 3. The smallest absolute Gasteiger partial charge is 0.264 e. The molecule has 0 amide bonds. The van der Waals surface area contributed by atoms with Crippen molar-refractivity contribution >= 4 is 38.5 Å². The van der Waals surface area contributed by atoms with Gasteiger partial charge in [0.15, 0.2) is 0 Å². The molecule has 18 heavy (non-hydrogen) atoms. The molecule has 0 saturated heterocycles. The number of aryl methyl sites for hydroxylation is 1. The predicted molar refractivity (Wildman–Crippen MR) is 80.0 cm³/mol. The third-order valence-electron chi connectivity index (χ3n) is 2.40. The summed E-state index contributed by atoms with van der Waals surface area (Å²) in [6.07, 6.45) is 0.658. The maximum absolute atomic E-state index is 13.3. The summed E-state index contributed by atoms with van der Waals surface area (Å²) in [4.78, 5) is 18.8. The number of hydrogen-bond donors (Lipinski definition) is 1. The van der Waals surface area contributed by atoms with Gasteiger partial charge in [0.2, 0.25) is 0 Å². The Morgan fingerprint density at radius 3 is 2.78 bits per heavy atom. The van der Waals surface area contributed by atoms with Crippen LogP contribution in [0.4, 0.5) is 4.39 Å². The van der Waals surface area contributed by atoms with E-state index in [0.29, 0.717) is 25.9 Å². The molecule has 3 nitrogen and oxygen atoms in total. The topological polar surface area (TPSA) is 45.8 Å². The summed E-state index contributed by atoms with van der Waals surface area (Å²) in [6, 6.07) is 4.41. The maximum Gasteiger partial charge on any atom is 0.264 e. The number of aromatic nitrogens is 2. The van der Waals surface area contributed by atoms with Crippen molar-refractivity contribution in [3.8, 4) is 11.4 Å². The van der Waals surface area contributed by atoms with E-state index in [4.69, 9.17) is 0 Å². The highest BCUT2D eigenvalue weighted by Crippen LogP contribution is 2.22. The van der Waals surface area contributed by atoms with E-state index in [0.717, 1.165) is 5.69 Å². The molecule has 0 spiro atoms. The van der Waals surface area contributed by atoms with Crippen LogP contribution in [0.1, 0.15) is 12.6 Å². The summed E-state index contributed by atoms with van der Waals surface area (Å²) in [5.74, 6) is 0.0103. The van der Waals surface area contributed by atoms with Crippen LogP contribution in [0.5, 0.6) is 0 Å². The molecule has 1 N–H and O–H groups in total. The normalized spacial score (nSPS) is 10.7. The van der Waals surface area contributed by atoms with Crippen molar-refractivity contribution in [1.29, 1.82) is 0 Å². The summed E-state index contributed by atoms with van der Waals surface area (Å²) in [5, 5.41) is 0. The Bertz CT molecular complexity index is 637. The van der Waals surface area contributed by atoms with E-state index in [1.54, 1.807) is 6.07 Å². The van der Waals surface area contributed by atoms with E-state index in [-0.39, 0.29) is 11.4 Å². The minimum absolute atomic E-state index is 0.196. The van der Waals surface area contributed by atoms with Gasteiger partial charge in [0, 0.05) is 10.0 Å². The lowest BCUT2D eigenvalue weighted by molar-refractivity contribution is 0.627. The lowest BCUT2D eigenvalue weighted by Crippen LogP contribution is -2.16. The fourth-order valence-corrected chi connectivity index (χ4v) is 2.67. The molecular formula is C12H9BrFIN2O. The van der Waals surface area contributed by atoms with Crippen LogP contribution < -0.4 is 5.56 Å². The Kier molecular flexibility index (Phi) is 4.16. The summed E-state index contributed by atoms with van der Waals surface area (Å²) in [6.45, 7) is 1.93. The van der Waals surface area contributed by atoms with Crippen molar-refractivity contribution in [3.05, 3.63) is 48.1 Å². The molecule has 2 aromatic rings. The molecular weight excluding hydrogens is 414 g/mol. The van der Waals surface area contributed by atoms with Crippen LogP contribution in [0.3, 0.4) is 0 Å². The Morgan fingerprint density at radius 2 is 2.17 bits per heavy atom. The quantitative estimate of drug-likeness (QED) is 0.753. The predicted octanol–water partition coefficient (Wildman–Crippen LogP) is 3.51. The van der Waals surface area contributed by atoms with Gasteiger partial charge in [0.05, 0.1) is 9.26 Å². The first-order valence-electron chi connectivity index (χ1n) is 5.26. The first-order chi connectivity index (χ1) is 8.51. The number of aromatic amines is 1. The van der Waals surface area contributed by atoms with E-state index in [2.05, 4.69) is 25.9 Å². The molecule has 6 heteroatoms. The summed E-state index contributed by atoms with van der Waals surface area (Å²) < 4.78 is 14.5. The van der Waals surface area contributed by atoms with E-state index in [1.165, 1.54) is 12.1 Å². The first kappa shape index (κ1) is 13.7. The van der Waals surface area contributed by atoms with Gasteiger partial charge in [0.25, 0.3) is 5.56 Å². The van der Waals surface area contributed by atoms with Gasteiger partial charge >= 0.3 is 0 Å². The highest BCUT2D eigenvalue weighted by atomic mass is 127. The molecule has 2 rings (SSSR count). The first-order valence-corrected chi connectivity index (χ1v) is 7.13. The van der Waals surface area contributed by atoms with Crippen molar-refractivity contribution in [3.63, 3.8) is 0 Å². The van der Waals surface area contributed by atoms with Gasteiger partial charge in [-0.2, -0.15) is 0 Å². The Morgan fingerprint density at radius 1 is 1.44 bits per heavy atom. The molecule has 0 saturated carbocycles. The molecule has 0 atom stereocenters. The zero-order valence-corrected chi connectivity index (χ0v) is 13.2. The van der Waals surface area contributed by atoms with Crippen LogP contribution >= 0.6 is 38.5 Å². The second-order valence-corrected chi connectivity index (χ2v) is 5.68. The molecule has 1 aromatic carbocycles. The van der Waals surface area contributed by atoms with Crippen LogP contribution in [0.15, 0.2) is 27.5 Å². The largest absolute Gasteiger partial charge is 0.306 e. The zero-order chi connectivity index (χ0) is 13.3. The summed E-state index contributed by atoms with van der Waals surface area (Å²) in [7, 11) is 0. The molecule has 0 radical (unpaired) electrons. The SMILES string of the molecule is CCc1nc(-c2cc(F)cc(Br)c2)[nH]c(=O)c1I. The van der Waals surface area contributed by atoms with Crippen molar-refractivity contribution in [2.75, 3.05) is 0 Å². The van der Waals surface area contributed by atoms with Crippen LogP contribution in [0.25, 0.3) is 11.4 Å². The number of hydrogen-bond acceptors (Lipinski definition) is 2. The van der Waals surface area contributed by atoms with Gasteiger partial charge in [-0.1, -0.05) is 22.9 Å². The molecule has 94 valence electrons. The van der Waals surface area contributed by atoms with E-state index < -0.39 is 0 Å². The van der Waals surface area contributed by atoms with Gasteiger partial charge in [0.1, 0.15) is 11.6 Å². The highest BCUT2D eigenvalue weighted by molar-refractivity contribution is 14.1. The second kappa shape index (κ2) is 5.48. The highest BCUT2D eigenvalue weighted by Gasteiger charge is 2.10. The fraction of sp³-hybridized carbons (Fsp3) is 0.167. The van der Waals surface area contributed by atoms with Crippen LogP contribution in [-0.2, 0) is 6.42 Å². The van der Waals surface area contributed by atoms with Gasteiger partial charge in [-0.3, -0.25) is 4.79 Å². The molecule has 0 unspecified atom stereocenters. The van der Waals surface area contributed by atoms with Gasteiger partial charge in [-0.15, -0.1) is 0 Å². The van der Waals surface area contributed by atoms with E-state index in [9.17, 15) is 9.18 Å². The minimum atomic E-state index is -0.376. The van der Waals surface area contributed by atoms with Gasteiger partial charge in [-0.25, -0.2) is 9.37 Å². The number of benzene rings is 1. The van der Waals surface area contributed by atoms with Crippen LogP contribution in [0, 0.1) is 9.39 Å². The molecule has 0 aliphatic rings. The average molecular weight is 423 g/mol. The molecule has 0 aliphatic carbocycles. The summed E-state index contributed by atoms with van der Waals surface area (Å²) >= 11 is 5.18. The Balaban J connectivity index is 2.64. The Hall–Kier alpha value is -0.760. The van der Waals surface area contributed by atoms with Crippen molar-refractivity contribution < 1.29 is 4.39 Å². The lowest BCUT2D eigenvalue weighted by Gasteiger charge is -2.06.